The molecule has 5 aliphatic rings. The van der Waals surface area contributed by atoms with Gasteiger partial charge in [0.05, 0.1) is 33.9 Å². The summed E-state index contributed by atoms with van der Waals surface area (Å²) in [6, 6.07) is 11.6. The van der Waals surface area contributed by atoms with Crippen LogP contribution in [0.15, 0.2) is 52.9 Å². The second kappa shape index (κ2) is 13.5. The SMILES string of the molecule is CO[C@H]1/C=C/C[C@H](C)C[S@@](=O)(CC(=O)C[C@@H]2C[C@@H]2F)=NC(=O)c2ccc3c(c2)N(C[C@@H]2CC[C@H]21)C[C@@]1(CCCc2cc(Cl)ccc21)CO3. The standard InChI is InChI=1S/C38H46ClFN2O5S/c1-24-5-3-7-35(46-2)31-11-8-27(31)19-42-22-38(14-4-6-25-15-29(39)10-12-32(25)38)23-47-36-13-9-26(18-34(36)42)37(44)41-48(45,20-24)21-30(43)16-28-17-33(28)40/h3,7,9-10,12-13,15,18,24,27-28,31,33,35H,4-6,8,11,14,16-17,19-23H2,1-2H3/b7-3+/t24-,27-,28+,31+,33-,35-,38-,48+/m0/s1. The maximum absolute atomic E-state index is 14.4. The van der Waals surface area contributed by atoms with E-state index >= 15 is 0 Å². The van der Waals surface area contributed by atoms with E-state index in [1.807, 2.05) is 25.1 Å². The lowest BCUT2D eigenvalue weighted by molar-refractivity contribution is -0.117. The van der Waals surface area contributed by atoms with E-state index in [0.717, 1.165) is 55.9 Å². The smallest absolute Gasteiger partial charge is 0.285 e. The second-order valence-electron chi connectivity index (χ2n) is 15.0. The molecule has 0 unspecified atom stereocenters. The zero-order valence-corrected chi connectivity index (χ0v) is 29.4. The molecule has 0 N–H and O–H groups in total. The Bertz CT molecular complexity index is 1740. The number of fused-ring (bicyclic) bond motifs is 4. The Morgan fingerprint density at radius 2 is 2.06 bits per heavy atom. The molecular weight excluding hydrogens is 651 g/mol. The summed E-state index contributed by atoms with van der Waals surface area (Å²) < 4.78 is 44.9. The van der Waals surface area contributed by atoms with Crippen molar-refractivity contribution in [3.8, 4) is 5.75 Å². The lowest BCUT2D eigenvalue weighted by atomic mass is 9.68. The molecule has 0 saturated heterocycles. The summed E-state index contributed by atoms with van der Waals surface area (Å²) in [5.74, 6) is -0.0790. The van der Waals surface area contributed by atoms with Gasteiger partial charge in [-0.2, -0.15) is 4.36 Å². The molecule has 3 aliphatic carbocycles. The molecule has 2 heterocycles. The number of allylic oxidation sites excluding steroid dienone is 1. The number of amides is 1. The largest absolute Gasteiger partial charge is 0.490 e. The van der Waals surface area contributed by atoms with Crippen LogP contribution < -0.4 is 9.64 Å². The lowest BCUT2D eigenvalue weighted by Crippen LogP contribution is -2.49. The Kier molecular flexibility index (Phi) is 9.50. The number of alkyl halides is 1. The van der Waals surface area contributed by atoms with Gasteiger partial charge >= 0.3 is 0 Å². The van der Waals surface area contributed by atoms with Gasteiger partial charge in [0.2, 0.25) is 0 Å². The van der Waals surface area contributed by atoms with E-state index in [1.165, 1.54) is 11.1 Å². The minimum Gasteiger partial charge on any atom is -0.490 e. The molecule has 0 radical (unpaired) electrons. The molecular formula is C38H46ClFN2O5S. The first-order valence-electron chi connectivity index (χ1n) is 17.5. The highest BCUT2D eigenvalue weighted by molar-refractivity contribution is 7.94. The molecule has 0 aromatic heterocycles. The van der Waals surface area contributed by atoms with Crippen LogP contribution in [0.3, 0.4) is 0 Å². The van der Waals surface area contributed by atoms with Crippen LogP contribution in [0.2, 0.25) is 5.02 Å². The van der Waals surface area contributed by atoms with Crippen molar-refractivity contribution < 1.29 is 27.7 Å². The van der Waals surface area contributed by atoms with Crippen molar-refractivity contribution in [2.24, 2.45) is 28.0 Å². The third-order valence-corrected chi connectivity index (χ3v) is 13.9. The van der Waals surface area contributed by atoms with Crippen molar-refractivity contribution in [1.82, 2.24) is 0 Å². The predicted octanol–water partition coefficient (Wildman–Crippen LogP) is 7.38. The molecule has 7 rings (SSSR count). The van der Waals surface area contributed by atoms with Gasteiger partial charge in [-0.15, -0.1) is 0 Å². The molecule has 10 heteroatoms. The number of halogens is 2. The molecule has 2 aromatic rings. The fourth-order valence-corrected chi connectivity index (χ4v) is 11.0. The van der Waals surface area contributed by atoms with Gasteiger partial charge in [0.15, 0.2) is 0 Å². The van der Waals surface area contributed by atoms with Crippen molar-refractivity contribution in [2.45, 2.75) is 76.0 Å². The first kappa shape index (κ1) is 33.7. The third kappa shape index (κ3) is 6.97. The monoisotopic (exact) mass is 696 g/mol. The third-order valence-electron chi connectivity index (χ3n) is 11.3. The van der Waals surface area contributed by atoms with E-state index < -0.39 is 21.8 Å². The Hall–Kier alpha value is -2.75. The van der Waals surface area contributed by atoms with E-state index in [1.54, 1.807) is 13.2 Å². The van der Waals surface area contributed by atoms with Crippen molar-refractivity contribution in [2.75, 3.05) is 43.2 Å². The van der Waals surface area contributed by atoms with Crippen LogP contribution in [0.1, 0.15) is 73.4 Å². The van der Waals surface area contributed by atoms with Crippen LogP contribution in [-0.2, 0) is 31.1 Å². The number of hydrogen-bond acceptors (Lipinski definition) is 6. The normalized spacial score (nSPS) is 35.2. The molecule has 2 bridgehead atoms. The molecule has 1 spiro atoms. The van der Waals surface area contributed by atoms with Crippen LogP contribution in [0.4, 0.5) is 10.1 Å². The summed E-state index contributed by atoms with van der Waals surface area (Å²) in [4.78, 5) is 29.2. The summed E-state index contributed by atoms with van der Waals surface area (Å²) >= 11 is 6.44. The molecule has 2 aliphatic heterocycles. The average molecular weight is 697 g/mol. The number of methoxy groups -OCH3 is 1. The molecule has 2 fully saturated rings. The molecule has 258 valence electrons. The number of carbonyl (C=O) groups excluding carboxylic acids is 2. The van der Waals surface area contributed by atoms with Gasteiger partial charge in [0, 0.05) is 48.4 Å². The molecule has 48 heavy (non-hydrogen) atoms. The number of anilines is 1. The fourth-order valence-electron chi connectivity index (χ4n) is 8.49. The van der Waals surface area contributed by atoms with Gasteiger partial charge in [-0.3, -0.25) is 9.59 Å². The number of nitrogens with zero attached hydrogens (tertiary/aromatic N) is 2. The Labute approximate surface area is 288 Å². The van der Waals surface area contributed by atoms with Crippen LogP contribution in [0, 0.1) is 23.7 Å². The van der Waals surface area contributed by atoms with Gasteiger partial charge in [-0.1, -0.05) is 36.7 Å². The fraction of sp³-hybridized carbons (Fsp3) is 0.579. The van der Waals surface area contributed by atoms with Crippen LogP contribution in [0.5, 0.6) is 5.75 Å². The maximum atomic E-state index is 14.4. The van der Waals surface area contributed by atoms with Crippen molar-refractivity contribution in [3.05, 3.63) is 70.3 Å². The Morgan fingerprint density at radius 1 is 1.23 bits per heavy atom. The predicted molar refractivity (Wildman–Crippen MR) is 187 cm³/mol. The quantitative estimate of drug-likeness (QED) is 0.304. The van der Waals surface area contributed by atoms with E-state index in [9.17, 15) is 18.2 Å². The van der Waals surface area contributed by atoms with Crippen LogP contribution in [-0.4, -0.2) is 66.5 Å². The number of aryl methyl sites for hydroxylation is 1. The van der Waals surface area contributed by atoms with Gasteiger partial charge in [-0.05, 0) is 110 Å². The van der Waals surface area contributed by atoms with Crippen LogP contribution in [0.25, 0.3) is 0 Å². The van der Waals surface area contributed by atoms with Crippen molar-refractivity contribution in [1.29, 1.82) is 0 Å². The first-order chi connectivity index (χ1) is 23.0. The number of carbonyl (C=O) groups is 2. The highest BCUT2D eigenvalue weighted by Gasteiger charge is 2.44. The molecule has 7 nitrogen and oxygen atoms in total. The molecule has 1 amide bonds. The number of hydrogen-bond donors (Lipinski definition) is 0. The summed E-state index contributed by atoms with van der Waals surface area (Å²) in [7, 11) is -1.48. The number of rotatable bonds is 5. The number of ether oxygens (including phenoxy) is 2. The summed E-state index contributed by atoms with van der Waals surface area (Å²) in [6.45, 7) is 3.98. The van der Waals surface area contributed by atoms with Crippen molar-refractivity contribution >= 4 is 38.7 Å². The number of benzene rings is 2. The number of Topliss-reactive ketones (excluding diaryl/α,β-unsaturated/α-hetero) is 1. The highest BCUT2D eigenvalue weighted by atomic mass is 35.5. The van der Waals surface area contributed by atoms with Gasteiger partial charge in [-0.25, -0.2) is 8.60 Å². The molecule has 8 atom stereocenters. The summed E-state index contributed by atoms with van der Waals surface area (Å²) in [5, 5.41) is 0.739. The van der Waals surface area contributed by atoms with E-state index in [4.69, 9.17) is 21.1 Å². The lowest BCUT2D eigenvalue weighted by Gasteiger charge is -2.46. The summed E-state index contributed by atoms with van der Waals surface area (Å²) in [5.41, 5.74) is 3.43. The van der Waals surface area contributed by atoms with E-state index in [2.05, 4.69) is 33.5 Å². The van der Waals surface area contributed by atoms with Crippen LogP contribution >= 0.6 is 11.6 Å². The minimum absolute atomic E-state index is 0.0381. The molecule has 2 aromatic carbocycles. The zero-order chi connectivity index (χ0) is 33.6. The number of ketones is 1. The average Bonchev–Trinajstić information content (AvgIpc) is 3.75. The maximum Gasteiger partial charge on any atom is 0.285 e. The van der Waals surface area contributed by atoms with Crippen molar-refractivity contribution in [3.63, 3.8) is 0 Å². The summed E-state index contributed by atoms with van der Waals surface area (Å²) in [6.07, 6.45) is 9.36. The first-order valence-corrected chi connectivity index (χ1v) is 19.7. The topological polar surface area (TPSA) is 85.3 Å². The van der Waals surface area contributed by atoms with Gasteiger partial charge < -0.3 is 14.4 Å². The Morgan fingerprint density at radius 3 is 2.81 bits per heavy atom. The van der Waals surface area contributed by atoms with Gasteiger partial charge in [0.25, 0.3) is 5.91 Å². The van der Waals surface area contributed by atoms with Gasteiger partial charge in [0.1, 0.15) is 17.7 Å². The minimum atomic E-state index is -3.24. The van der Waals surface area contributed by atoms with E-state index in [-0.39, 0.29) is 47.1 Å². The zero-order valence-electron chi connectivity index (χ0n) is 27.9. The highest BCUT2D eigenvalue weighted by Crippen LogP contribution is 2.47. The molecule has 2 saturated carbocycles. The second-order valence-corrected chi connectivity index (χ2v) is 17.8. The Balaban J connectivity index is 1.28. The van der Waals surface area contributed by atoms with E-state index in [0.29, 0.717) is 42.6 Å².